The van der Waals surface area contributed by atoms with Gasteiger partial charge in [-0.15, -0.1) is 0 Å². The SMILES string of the molecule is N#Cc1cccnc1C=CCS. The molecule has 0 aliphatic carbocycles. The van der Waals surface area contributed by atoms with Crippen LogP contribution in [-0.4, -0.2) is 10.7 Å². The lowest BCUT2D eigenvalue weighted by molar-refractivity contribution is 1.27. The highest BCUT2D eigenvalue weighted by Crippen LogP contribution is 2.05. The molecular formula is C9H8N2S. The fourth-order valence-corrected chi connectivity index (χ4v) is 0.915. The zero-order valence-electron chi connectivity index (χ0n) is 6.44. The molecule has 0 N–H and O–H groups in total. The van der Waals surface area contributed by atoms with Crippen LogP contribution in [0.2, 0.25) is 0 Å². The summed E-state index contributed by atoms with van der Waals surface area (Å²) in [5, 5.41) is 8.67. The summed E-state index contributed by atoms with van der Waals surface area (Å²) in [5.74, 6) is 0.654. The Bertz CT molecular complexity index is 326. The van der Waals surface area contributed by atoms with Crippen molar-refractivity contribution in [3.05, 3.63) is 35.7 Å². The Balaban J connectivity index is 2.99. The number of rotatable bonds is 2. The van der Waals surface area contributed by atoms with E-state index in [1.807, 2.05) is 6.08 Å². The lowest BCUT2D eigenvalue weighted by Gasteiger charge is -1.93. The Morgan fingerprint density at radius 2 is 2.50 bits per heavy atom. The standard InChI is InChI=1S/C9H8N2S/c10-7-8-3-1-5-11-9(8)4-2-6-12/h1-5,12H,6H2. The first-order valence-corrected chi connectivity index (χ1v) is 4.14. The van der Waals surface area contributed by atoms with Crippen molar-refractivity contribution >= 4 is 18.7 Å². The predicted molar refractivity (Wildman–Crippen MR) is 51.8 cm³/mol. The highest BCUT2D eigenvalue weighted by atomic mass is 32.1. The topological polar surface area (TPSA) is 36.7 Å². The van der Waals surface area contributed by atoms with Gasteiger partial charge in [-0.3, -0.25) is 4.98 Å². The average Bonchev–Trinajstić information content (AvgIpc) is 2.15. The molecule has 1 aromatic heterocycles. The Kier molecular flexibility index (Phi) is 3.36. The van der Waals surface area contributed by atoms with E-state index in [4.69, 9.17) is 5.26 Å². The molecule has 60 valence electrons. The van der Waals surface area contributed by atoms with Gasteiger partial charge < -0.3 is 0 Å². The molecule has 0 spiro atoms. The Labute approximate surface area is 77.0 Å². The molecule has 0 aliphatic rings. The number of thiol groups is 1. The van der Waals surface area contributed by atoms with Crippen LogP contribution in [0.3, 0.4) is 0 Å². The van der Waals surface area contributed by atoms with Crippen molar-refractivity contribution in [1.29, 1.82) is 5.26 Å². The van der Waals surface area contributed by atoms with Crippen LogP contribution < -0.4 is 0 Å². The van der Waals surface area contributed by atoms with E-state index in [1.54, 1.807) is 24.4 Å². The van der Waals surface area contributed by atoms with E-state index in [-0.39, 0.29) is 0 Å². The largest absolute Gasteiger partial charge is 0.256 e. The molecule has 12 heavy (non-hydrogen) atoms. The maximum absolute atomic E-state index is 8.67. The minimum Gasteiger partial charge on any atom is -0.256 e. The molecule has 3 heteroatoms. The van der Waals surface area contributed by atoms with E-state index in [9.17, 15) is 0 Å². The quantitative estimate of drug-likeness (QED) is 0.699. The van der Waals surface area contributed by atoms with E-state index in [1.165, 1.54) is 0 Å². The van der Waals surface area contributed by atoms with Gasteiger partial charge in [0.05, 0.1) is 11.3 Å². The van der Waals surface area contributed by atoms with Gasteiger partial charge in [0.25, 0.3) is 0 Å². The van der Waals surface area contributed by atoms with E-state index in [0.29, 0.717) is 17.0 Å². The van der Waals surface area contributed by atoms with Gasteiger partial charge in [0.1, 0.15) is 6.07 Å². The third kappa shape index (κ3) is 2.11. The summed E-state index contributed by atoms with van der Waals surface area (Å²) in [7, 11) is 0. The molecule has 0 radical (unpaired) electrons. The third-order valence-corrected chi connectivity index (χ3v) is 1.55. The van der Waals surface area contributed by atoms with E-state index in [0.717, 1.165) is 0 Å². The monoisotopic (exact) mass is 176 g/mol. The minimum atomic E-state index is 0.593. The van der Waals surface area contributed by atoms with Crippen molar-refractivity contribution in [1.82, 2.24) is 4.98 Å². The summed E-state index contributed by atoms with van der Waals surface area (Å²) in [5.41, 5.74) is 1.30. The first-order chi connectivity index (χ1) is 5.88. The van der Waals surface area contributed by atoms with Crippen LogP contribution in [0.4, 0.5) is 0 Å². The second-order valence-electron chi connectivity index (χ2n) is 2.13. The van der Waals surface area contributed by atoms with Crippen LogP contribution in [0, 0.1) is 11.3 Å². The van der Waals surface area contributed by atoms with Gasteiger partial charge in [-0.1, -0.05) is 6.08 Å². The molecule has 0 saturated heterocycles. The second kappa shape index (κ2) is 4.58. The predicted octanol–water partition coefficient (Wildman–Crippen LogP) is 1.90. The van der Waals surface area contributed by atoms with Crippen LogP contribution >= 0.6 is 12.6 Å². The second-order valence-corrected chi connectivity index (χ2v) is 2.50. The lowest BCUT2D eigenvalue weighted by Crippen LogP contribution is -1.85. The van der Waals surface area contributed by atoms with E-state index < -0.39 is 0 Å². The van der Waals surface area contributed by atoms with Gasteiger partial charge in [0, 0.05) is 11.9 Å². The van der Waals surface area contributed by atoms with Gasteiger partial charge in [-0.05, 0) is 18.2 Å². The van der Waals surface area contributed by atoms with E-state index >= 15 is 0 Å². The molecule has 1 heterocycles. The van der Waals surface area contributed by atoms with Crippen molar-refractivity contribution in [3.63, 3.8) is 0 Å². The summed E-state index contributed by atoms with van der Waals surface area (Å²) < 4.78 is 0. The molecule has 1 aromatic rings. The molecule has 0 bridgehead atoms. The van der Waals surface area contributed by atoms with Gasteiger partial charge in [-0.25, -0.2) is 0 Å². The molecule has 0 fully saturated rings. The van der Waals surface area contributed by atoms with Crippen LogP contribution in [-0.2, 0) is 0 Å². The van der Waals surface area contributed by atoms with Crippen molar-refractivity contribution in [3.8, 4) is 6.07 Å². The van der Waals surface area contributed by atoms with Gasteiger partial charge in [0.15, 0.2) is 0 Å². The van der Waals surface area contributed by atoms with Gasteiger partial charge in [-0.2, -0.15) is 17.9 Å². The minimum absolute atomic E-state index is 0.593. The highest BCUT2D eigenvalue weighted by molar-refractivity contribution is 7.80. The zero-order valence-corrected chi connectivity index (χ0v) is 7.33. The molecule has 0 atom stereocenters. The van der Waals surface area contributed by atoms with Crippen LogP contribution in [0.15, 0.2) is 24.4 Å². The number of hydrogen-bond acceptors (Lipinski definition) is 3. The smallest absolute Gasteiger partial charge is 0.101 e. The maximum Gasteiger partial charge on any atom is 0.101 e. The summed E-state index contributed by atoms with van der Waals surface area (Å²) in [6, 6.07) is 5.55. The normalized spacial score (nSPS) is 10.0. The van der Waals surface area contributed by atoms with Crippen LogP contribution in [0.25, 0.3) is 6.08 Å². The Morgan fingerprint density at radius 1 is 1.67 bits per heavy atom. The van der Waals surface area contributed by atoms with Crippen LogP contribution in [0.5, 0.6) is 0 Å². The van der Waals surface area contributed by atoms with Crippen molar-refractivity contribution < 1.29 is 0 Å². The number of nitriles is 1. The fourth-order valence-electron chi connectivity index (χ4n) is 0.809. The first-order valence-electron chi connectivity index (χ1n) is 3.51. The van der Waals surface area contributed by atoms with Crippen molar-refractivity contribution in [2.24, 2.45) is 0 Å². The number of pyridine rings is 1. The summed E-state index contributed by atoms with van der Waals surface area (Å²) in [6.07, 6.45) is 5.32. The van der Waals surface area contributed by atoms with Gasteiger partial charge >= 0.3 is 0 Å². The molecule has 0 amide bonds. The first kappa shape index (κ1) is 8.82. The number of nitrogens with zero attached hydrogens (tertiary/aromatic N) is 2. The molecular weight excluding hydrogens is 168 g/mol. The Morgan fingerprint density at radius 3 is 3.17 bits per heavy atom. The third-order valence-electron chi connectivity index (χ3n) is 1.34. The fraction of sp³-hybridized carbons (Fsp3) is 0.111. The number of aromatic nitrogens is 1. The number of hydrogen-bond donors (Lipinski definition) is 1. The van der Waals surface area contributed by atoms with Gasteiger partial charge in [0.2, 0.25) is 0 Å². The van der Waals surface area contributed by atoms with Crippen LogP contribution in [0.1, 0.15) is 11.3 Å². The lowest BCUT2D eigenvalue weighted by atomic mass is 10.2. The molecule has 0 unspecified atom stereocenters. The molecule has 1 rings (SSSR count). The molecule has 0 saturated carbocycles. The summed E-state index contributed by atoms with van der Waals surface area (Å²) >= 11 is 4.02. The molecule has 0 aliphatic heterocycles. The highest BCUT2D eigenvalue weighted by Gasteiger charge is 1.95. The molecule has 2 nitrogen and oxygen atoms in total. The molecule has 0 aromatic carbocycles. The maximum atomic E-state index is 8.67. The average molecular weight is 176 g/mol. The Hall–Kier alpha value is -1.27. The van der Waals surface area contributed by atoms with E-state index in [2.05, 4.69) is 23.7 Å². The van der Waals surface area contributed by atoms with Crippen molar-refractivity contribution in [2.45, 2.75) is 0 Å². The summed E-state index contributed by atoms with van der Waals surface area (Å²) in [6.45, 7) is 0. The zero-order chi connectivity index (χ0) is 8.81. The summed E-state index contributed by atoms with van der Waals surface area (Å²) in [4.78, 5) is 4.04. The van der Waals surface area contributed by atoms with Crippen molar-refractivity contribution in [2.75, 3.05) is 5.75 Å².